The Labute approximate surface area is 138 Å². The van der Waals surface area contributed by atoms with E-state index < -0.39 is 5.41 Å². The number of halogens is 1. The number of hydrogen-bond acceptors (Lipinski definition) is 4. The fraction of sp³-hybridized carbons (Fsp3) is 0.562. The number of phenolic OH excluding ortho intramolecular Hbond substituents is 1. The van der Waals surface area contributed by atoms with Crippen molar-refractivity contribution in [2.24, 2.45) is 11.1 Å². The molecule has 0 aliphatic carbocycles. The molecule has 0 aliphatic heterocycles. The van der Waals surface area contributed by atoms with Gasteiger partial charge in [0.1, 0.15) is 0 Å². The zero-order valence-corrected chi connectivity index (χ0v) is 14.6. The lowest BCUT2D eigenvalue weighted by molar-refractivity contribution is -0.141. The van der Waals surface area contributed by atoms with Crippen molar-refractivity contribution in [3.8, 4) is 11.5 Å². The van der Waals surface area contributed by atoms with Crippen LogP contribution in [0.5, 0.6) is 11.5 Å². The molecule has 22 heavy (non-hydrogen) atoms. The van der Waals surface area contributed by atoms with Crippen LogP contribution in [0.1, 0.15) is 32.3 Å². The zero-order chi connectivity index (χ0) is 16.0. The SMILES string of the molecule is CCC(CC)(CN)C(=O)N(C)Cc1ccc(O)c(OC)c1.Cl. The molecule has 1 aromatic rings. The Hall–Kier alpha value is -1.46. The van der Waals surface area contributed by atoms with Crippen molar-refractivity contribution in [2.75, 3.05) is 20.7 Å². The summed E-state index contributed by atoms with van der Waals surface area (Å²) >= 11 is 0. The van der Waals surface area contributed by atoms with Crippen LogP contribution in [-0.4, -0.2) is 36.6 Å². The van der Waals surface area contributed by atoms with Gasteiger partial charge in [-0.2, -0.15) is 0 Å². The van der Waals surface area contributed by atoms with E-state index in [0.717, 1.165) is 18.4 Å². The van der Waals surface area contributed by atoms with Crippen LogP contribution in [-0.2, 0) is 11.3 Å². The molecular formula is C16H27ClN2O3. The van der Waals surface area contributed by atoms with E-state index in [0.29, 0.717) is 18.8 Å². The molecule has 0 unspecified atom stereocenters. The second-order valence-corrected chi connectivity index (χ2v) is 5.36. The maximum Gasteiger partial charge on any atom is 0.230 e. The second-order valence-electron chi connectivity index (χ2n) is 5.36. The Morgan fingerprint density at radius 2 is 1.95 bits per heavy atom. The summed E-state index contributed by atoms with van der Waals surface area (Å²) in [6, 6.07) is 5.09. The third-order valence-corrected chi connectivity index (χ3v) is 4.21. The van der Waals surface area contributed by atoms with Crippen LogP contribution in [0, 0.1) is 5.41 Å². The largest absolute Gasteiger partial charge is 0.504 e. The molecule has 1 rings (SSSR count). The van der Waals surface area contributed by atoms with Crippen LogP contribution in [0.2, 0.25) is 0 Å². The maximum absolute atomic E-state index is 12.6. The van der Waals surface area contributed by atoms with Gasteiger partial charge in [0.05, 0.1) is 12.5 Å². The van der Waals surface area contributed by atoms with Crippen LogP contribution in [0.4, 0.5) is 0 Å². The van der Waals surface area contributed by atoms with E-state index in [1.54, 1.807) is 30.1 Å². The number of carbonyl (C=O) groups excluding carboxylic acids is 1. The first kappa shape index (κ1) is 20.5. The first-order chi connectivity index (χ1) is 9.93. The molecule has 1 amide bonds. The number of methoxy groups -OCH3 is 1. The monoisotopic (exact) mass is 330 g/mol. The molecule has 0 aliphatic rings. The van der Waals surface area contributed by atoms with Gasteiger partial charge in [-0.3, -0.25) is 4.79 Å². The molecular weight excluding hydrogens is 304 g/mol. The molecule has 0 aromatic heterocycles. The number of carbonyl (C=O) groups is 1. The highest BCUT2D eigenvalue weighted by Gasteiger charge is 2.35. The number of benzene rings is 1. The maximum atomic E-state index is 12.6. The molecule has 6 heteroatoms. The number of amides is 1. The van der Waals surface area contributed by atoms with E-state index in [1.165, 1.54) is 7.11 Å². The van der Waals surface area contributed by atoms with Crippen molar-refractivity contribution >= 4 is 18.3 Å². The number of aromatic hydroxyl groups is 1. The highest BCUT2D eigenvalue weighted by Crippen LogP contribution is 2.30. The summed E-state index contributed by atoms with van der Waals surface area (Å²) in [5.74, 6) is 0.556. The van der Waals surface area contributed by atoms with Gasteiger partial charge in [0.25, 0.3) is 0 Å². The van der Waals surface area contributed by atoms with Crippen molar-refractivity contribution in [3.63, 3.8) is 0 Å². The third kappa shape index (κ3) is 4.27. The number of rotatable bonds is 7. The summed E-state index contributed by atoms with van der Waals surface area (Å²) in [6.45, 7) is 4.79. The molecule has 0 saturated heterocycles. The number of hydrogen-bond donors (Lipinski definition) is 2. The number of phenols is 1. The molecule has 0 bridgehead atoms. The Kier molecular flexibility index (Phi) is 8.27. The lowest BCUT2D eigenvalue weighted by Crippen LogP contribution is -2.45. The highest BCUT2D eigenvalue weighted by molar-refractivity contribution is 5.85. The van der Waals surface area contributed by atoms with E-state index in [2.05, 4.69) is 0 Å². The smallest absolute Gasteiger partial charge is 0.230 e. The van der Waals surface area contributed by atoms with Gasteiger partial charge in [0, 0.05) is 20.1 Å². The summed E-state index contributed by atoms with van der Waals surface area (Å²) in [7, 11) is 3.28. The Balaban J connectivity index is 0.00000441. The fourth-order valence-electron chi connectivity index (χ4n) is 2.50. The van der Waals surface area contributed by atoms with Crippen LogP contribution in [0.3, 0.4) is 0 Å². The normalized spacial score (nSPS) is 10.8. The van der Waals surface area contributed by atoms with E-state index in [-0.39, 0.29) is 24.1 Å². The van der Waals surface area contributed by atoms with Crippen molar-refractivity contribution in [3.05, 3.63) is 23.8 Å². The van der Waals surface area contributed by atoms with Crippen molar-refractivity contribution in [1.82, 2.24) is 4.90 Å². The molecule has 5 nitrogen and oxygen atoms in total. The first-order valence-corrected chi connectivity index (χ1v) is 7.25. The summed E-state index contributed by atoms with van der Waals surface area (Å²) in [4.78, 5) is 14.3. The fourth-order valence-corrected chi connectivity index (χ4v) is 2.50. The molecule has 1 aromatic carbocycles. The van der Waals surface area contributed by atoms with E-state index in [9.17, 15) is 9.90 Å². The molecule has 0 saturated carbocycles. The van der Waals surface area contributed by atoms with Gasteiger partial charge in [-0.05, 0) is 30.5 Å². The second kappa shape index (κ2) is 8.86. The lowest BCUT2D eigenvalue weighted by Gasteiger charge is -2.33. The van der Waals surface area contributed by atoms with Gasteiger partial charge in [0.2, 0.25) is 5.91 Å². The van der Waals surface area contributed by atoms with Gasteiger partial charge < -0.3 is 20.5 Å². The minimum absolute atomic E-state index is 0. The lowest BCUT2D eigenvalue weighted by atomic mass is 9.81. The Morgan fingerprint density at radius 1 is 1.36 bits per heavy atom. The average Bonchev–Trinajstić information content (AvgIpc) is 2.51. The van der Waals surface area contributed by atoms with Gasteiger partial charge in [-0.25, -0.2) is 0 Å². The molecule has 0 atom stereocenters. The van der Waals surface area contributed by atoms with Gasteiger partial charge in [0.15, 0.2) is 11.5 Å². The standard InChI is InChI=1S/C16H26N2O3.ClH/c1-5-16(6-2,11-17)15(20)18(3)10-12-7-8-13(19)14(9-12)21-4;/h7-9,19H,5-6,10-11,17H2,1-4H3;1H. The van der Waals surface area contributed by atoms with Crippen molar-refractivity contribution in [2.45, 2.75) is 33.2 Å². The minimum atomic E-state index is -0.490. The Morgan fingerprint density at radius 3 is 2.41 bits per heavy atom. The molecule has 0 radical (unpaired) electrons. The summed E-state index contributed by atoms with van der Waals surface area (Å²) < 4.78 is 5.09. The molecule has 3 N–H and O–H groups in total. The van der Waals surface area contributed by atoms with Crippen LogP contribution < -0.4 is 10.5 Å². The van der Waals surface area contributed by atoms with Gasteiger partial charge in [-0.1, -0.05) is 19.9 Å². The quantitative estimate of drug-likeness (QED) is 0.805. The third-order valence-electron chi connectivity index (χ3n) is 4.21. The van der Waals surface area contributed by atoms with Gasteiger partial charge in [-0.15, -0.1) is 12.4 Å². The predicted molar refractivity (Wildman–Crippen MR) is 90.5 cm³/mol. The van der Waals surface area contributed by atoms with Crippen LogP contribution >= 0.6 is 12.4 Å². The summed E-state index contributed by atoms with van der Waals surface area (Å²) in [6.07, 6.45) is 1.45. The van der Waals surface area contributed by atoms with E-state index in [1.807, 2.05) is 13.8 Å². The number of nitrogens with zero attached hydrogens (tertiary/aromatic N) is 1. The van der Waals surface area contributed by atoms with Crippen LogP contribution in [0.25, 0.3) is 0 Å². The number of nitrogens with two attached hydrogens (primary N) is 1. The molecule has 0 spiro atoms. The average molecular weight is 331 g/mol. The topological polar surface area (TPSA) is 75.8 Å². The summed E-state index contributed by atoms with van der Waals surface area (Å²) in [5.41, 5.74) is 6.24. The highest BCUT2D eigenvalue weighted by atomic mass is 35.5. The minimum Gasteiger partial charge on any atom is -0.504 e. The zero-order valence-electron chi connectivity index (χ0n) is 13.8. The van der Waals surface area contributed by atoms with E-state index >= 15 is 0 Å². The first-order valence-electron chi connectivity index (χ1n) is 7.25. The molecule has 0 fully saturated rings. The van der Waals surface area contributed by atoms with Crippen molar-refractivity contribution in [1.29, 1.82) is 0 Å². The Bertz CT molecular complexity index is 482. The van der Waals surface area contributed by atoms with Crippen molar-refractivity contribution < 1.29 is 14.6 Å². The number of ether oxygens (including phenoxy) is 1. The predicted octanol–water partition coefficient (Wildman–Crippen LogP) is 2.55. The van der Waals surface area contributed by atoms with Crippen LogP contribution in [0.15, 0.2) is 18.2 Å². The molecule has 0 heterocycles. The molecule has 126 valence electrons. The van der Waals surface area contributed by atoms with E-state index in [4.69, 9.17) is 10.5 Å². The van der Waals surface area contributed by atoms with Gasteiger partial charge >= 0.3 is 0 Å². The summed E-state index contributed by atoms with van der Waals surface area (Å²) in [5, 5.41) is 9.60.